The number of hydrogen-bond donors (Lipinski definition) is 1. The fourth-order valence-electron chi connectivity index (χ4n) is 2.88. The topological polar surface area (TPSA) is 38.5 Å². The molecular formula is C14H21ClN2O. The summed E-state index contributed by atoms with van der Waals surface area (Å²) in [5.74, 6) is 1.46. The largest absolute Gasteiger partial charge is 0.496 e. The molecule has 0 aromatic heterocycles. The van der Waals surface area contributed by atoms with Gasteiger partial charge in [-0.05, 0) is 44.5 Å². The third-order valence-electron chi connectivity index (χ3n) is 3.85. The molecule has 2 atom stereocenters. The molecule has 1 heterocycles. The average molecular weight is 269 g/mol. The number of rotatable bonds is 3. The summed E-state index contributed by atoms with van der Waals surface area (Å²) < 4.78 is 5.54. The van der Waals surface area contributed by atoms with Crippen LogP contribution in [0.2, 0.25) is 5.02 Å². The van der Waals surface area contributed by atoms with Crippen LogP contribution in [0.3, 0.4) is 0 Å². The summed E-state index contributed by atoms with van der Waals surface area (Å²) in [5.41, 5.74) is 8.02. The van der Waals surface area contributed by atoms with Gasteiger partial charge in [-0.3, -0.25) is 4.90 Å². The van der Waals surface area contributed by atoms with Gasteiger partial charge in [-0.15, -0.1) is 0 Å². The van der Waals surface area contributed by atoms with Crippen LogP contribution in [0, 0.1) is 12.8 Å². The predicted molar refractivity (Wildman–Crippen MR) is 75.3 cm³/mol. The van der Waals surface area contributed by atoms with Gasteiger partial charge in [0.1, 0.15) is 5.75 Å². The number of aryl methyl sites for hydroxylation is 1. The van der Waals surface area contributed by atoms with E-state index >= 15 is 0 Å². The van der Waals surface area contributed by atoms with Crippen LogP contribution in [0.1, 0.15) is 23.6 Å². The highest BCUT2D eigenvalue weighted by Crippen LogP contribution is 2.43. The molecule has 2 unspecified atom stereocenters. The molecule has 0 spiro atoms. The van der Waals surface area contributed by atoms with E-state index in [9.17, 15) is 0 Å². The van der Waals surface area contributed by atoms with Gasteiger partial charge in [-0.1, -0.05) is 17.7 Å². The van der Waals surface area contributed by atoms with Gasteiger partial charge in [-0.25, -0.2) is 0 Å². The zero-order chi connectivity index (χ0) is 13.3. The molecule has 0 amide bonds. The Morgan fingerprint density at radius 1 is 1.50 bits per heavy atom. The van der Waals surface area contributed by atoms with Gasteiger partial charge < -0.3 is 10.5 Å². The van der Waals surface area contributed by atoms with Crippen molar-refractivity contribution in [3.63, 3.8) is 0 Å². The van der Waals surface area contributed by atoms with Crippen molar-refractivity contribution in [2.24, 2.45) is 11.7 Å². The van der Waals surface area contributed by atoms with Crippen molar-refractivity contribution < 1.29 is 4.74 Å². The number of benzene rings is 1. The van der Waals surface area contributed by atoms with Crippen LogP contribution in [0.15, 0.2) is 12.1 Å². The van der Waals surface area contributed by atoms with Gasteiger partial charge in [-0.2, -0.15) is 0 Å². The van der Waals surface area contributed by atoms with Crippen molar-refractivity contribution >= 4 is 11.6 Å². The third kappa shape index (κ3) is 2.35. The highest BCUT2D eigenvalue weighted by Gasteiger charge is 2.33. The summed E-state index contributed by atoms with van der Waals surface area (Å²) >= 11 is 6.38. The van der Waals surface area contributed by atoms with E-state index in [1.54, 1.807) is 7.11 Å². The lowest BCUT2D eigenvalue weighted by atomic mass is 9.97. The Labute approximate surface area is 114 Å². The van der Waals surface area contributed by atoms with Gasteiger partial charge in [0, 0.05) is 23.2 Å². The Morgan fingerprint density at radius 2 is 2.22 bits per heavy atom. The van der Waals surface area contributed by atoms with Crippen molar-refractivity contribution in [2.75, 3.05) is 27.2 Å². The molecule has 18 heavy (non-hydrogen) atoms. The predicted octanol–water partition coefficient (Wildman–Crippen LogP) is 2.61. The van der Waals surface area contributed by atoms with Gasteiger partial charge in [0.25, 0.3) is 0 Å². The van der Waals surface area contributed by atoms with Crippen LogP contribution in [0.4, 0.5) is 0 Å². The summed E-state index contributed by atoms with van der Waals surface area (Å²) in [7, 11) is 3.83. The summed E-state index contributed by atoms with van der Waals surface area (Å²) in [6, 6.07) is 4.26. The van der Waals surface area contributed by atoms with Crippen molar-refractivity contribution in [2.45, 2.75) is 19.4 Å². The van der Waals surface area contributed by atoms with Gasteiger partial charge in [0.05, 0.1) is 7.11 Å². The van der Waals surface area contributed by atoms with Gasteiger partial charge in [0.15, 0.2) is 0 Å². The molecule has 1 saturated heterocycles. The van der Waals surface area contributed by atoms with E-state index in [-0.39, 0.29) is 0 Å². The van der Waals surface area contributed by atoms with E-state index in [1.165, 1.54) is 0 Å². The molecule has 4 heteroatoms. The van der Waals surface area contributed by atoms with E-state index in [4.69, 9.17) is 22.1 Å². The van der Waals surface area contributed by atoms with Crippen LogP contribution in [-0.2, 0) is 0 Å². The molecule has 0 bridgehead atoms. The molecule has 0 saturated carbocycles. The molecule has 2 rings (SSSR count). The maximum absolute atomic E-state index is 6.38. The molecule has 1 fully saturated rings. The Kier molecular flexibility index (Phi) is 4.15. The lowest BCUT2D eigenvalue weighted by Crippen LogP contribution is -2.21. The molecule has 1 aliphatic rings. The van der Waals surface area contributed by atoms with Crippen LogP contribution >= 0.6 is 11.6 Å². The molecule has 2 N–H and O–H groups in total. The summed E-state index contributed by atoms with van der Waals surface area (Å²) in [6.45, 7) is 3.80. The Balaban J connectivity index is 2.41. The van der Waals surface area contributed by atoms with Crippen molar-refractivity contribution in [1.82, 2.24) is 4.90 Å². The second-order valence-electron chi connectivity index (χ2n) is 5.10. The molecule has 0 radical (unpaired) electrons. The third-order valence-corrected chi connectivity index (χ3v) is 4.17. The van der Waals surface area contributed by atoms with Crippen LogP contribution < -0.4 is 10.5 Å². The lowest BCUT2D eigenvalue weighted by Gasteiger charge is -2.24. The average Bonchev–Trinajstić information content (AvgIpc) is 2.73. The van der Waals surface area contributed by atoms with Gasteiger partial charge in [0.2, 0.25) is 0 Å². The van der Waals surface area contributed by atoms with Crippen molar-refractivity contribution in [1.29, 1.82) is 0 Å². The first kappa shape index (κ1) is 13.7. The standard InChI is InChI=1S/C14H21ClN2O/c1-9-4-5-11(15)13(14(9)18-3)12-6-10(7-16)8-17(12)2/h4-5,10,12H,6-8,16H2,1-3H3. The lowest BCUT2D eigenvalue weighted by molar-refractivity contribution is 0.302. The minimum Gasteiger partial charge on any atom is -0.496 e. The number of nitrogens with zero attached hydrogens (tertiary/aromatic N) is 1. The van der Waals surface area contributed by atoms with Crippen LogP contribution in [0.5, 0.6) is 5.75 Å². The van der Waals surface area contributed by atoms with Gasteiger partial charge >= 0.3 is 0 Å². The van der Waals surface area contributed by atoms with E-state index in [0.717, 1.165) is 41.4 Å². The number of methoxy groups -OCH3 is 1. The fourth-order valence-corrected chi connectivity index (χ4v) is 3.15. The molecule has 1 aromatic carbocycles. The molecule has 0 aliphatic carbocycles. The van der Waals surface area contributed by atoms with Crippen LogP contribution in [-0.4, -0.2) is 32.1 Å². The summed E-state index contributed by atoms with van der Waals surface area (Å²) in [6.07, 6.45) is 1.05. The van der Waals surface area contributed by atoms with Crippen molar-refractivity contribution in [3.05, 3.63) is 28.3 Å². The number of halogens is 1. The first-order chi connectivity index (χ1) is 8.58. The minimum absolute atomic E-state index is 0.306. The maximum atomic E-state index is 6.38. The Hall–Kier alpha value is -0.770. The highest BCUT2D eigenvalue weighted by molar-refractivity contribution is 6.31. The summed E-state index contributed by atoms with van der Waals surface area (Å²) in [5, 5.41) is 0.784. The second kappa shape index (κ2) is 5.47. The van der Waals surface area contributed by atoms with E-state index < -0.39 is 0 Å². The van der Waals surface area contributed by atoms with E-state index in [1.807, 2.05) is 19.1 Å². The van der Waals surface area contributed by atoms with Crippen LogP contribution in [0.25, 0.3) is 0 Å². The highest BCUT2D eigenvalue weighted by atomic mass is 35.5. The quantitative estimate of drug-likeness (QED) is 0.916. The zero-order valence-corrected chi connectivity index (χ0v) is 12.0. The number of hydrogen-bond acceptors (Lipinski definition) is 3. The van der Waals surface area contributed by atoms with E-state index in [2.05, 4.69) is 11.9 Å². The Bertz CT molecular complexity index is 436. The molecule has 1 aromatic rings. The second-order valence-corrected chi connectivity index (χ2v) is 5.51. The first-order valence-corrected chi connectivity index (χ1v) is 6.69. The van der Waals surface area contributed by atoms with E-state index in [0.29, 0.717) is 12.0 Å². The number of nitrogens with two attached hydrogens (primary N) is 1. The monoisotopic (exact) mass is 268 g/mol. The van der Waals surface area contributed by atoms with Crippen molar-refractivity contribution in [3.8, 4) is 5.75 Å². The molecule has 100 valence electrons. The molecule has 3 nitrogen and oxygen atoms in total. The smallest absolute Gasteiger partial charge is 0.128 e. The normalized spacial score (nSPS) is 24.5. The molecular weight excluding hydrogens is 248 g/mol. The Morgan fingerprint density at radius 3 is 2.78 bits per heavy atom. The summed E-state index contributed by atoms with van der Waals surface area (Å²) in [4.78, 5) is 2.32. The minimum atomic E-state index is 0.306. The first-order valence-electron chi connectivity index (χ1n) is 6.31. The fraction of sp³-hybridized carbons (Fsp3) is 0.571. The number of ether oxygens (including phenoxy) is 1. The SMILES string of the molecule is COc1c(C)ccc(Cl)c1C1CC(CN)CN1C. The molecule has 1 aliphatic heterocycles. The zero-order valence-electron chi connectivity index (χ0n) is 11.2. The maximum Gasteiger partial charge on any atom is 0.128 e. The number of likely N-dealkylation sites (tertiary alicyclic amines) is 1.